The first kappa shape index (κ1) is 62.4. The molecular weight excluding hydrogens is 989 g/mol. The van der Waals surface area contributed by atoms with Crippen LogP contribution in [0.1, 0.15) is 124 Å². The normalized spacial score (nSPS) is 25.5. The minimum absolute atomic E-state index is 0.0178. The fourth-order valence-corrected chi connectivity index (χ4v) is 11.4. The van der Waals surface area contributed by atoms with Gasteiger partial charge < -0.3 is 56.9 Å². The summed E-state index contributed by atoms with van der Waals surface area (Å²) < 4.78 is 69.6. The molecule has 3 aliphatic heterocycles. The van der Waals surface area contributed by atoms with Gasteiger partial charge in [-0.3, -0.25) is 9.59 Å². The molecule has 3 saturated heterocycles. The molecule has 0 amide bonds. The third-order valence-electron chi connectivity index (χ3n) is 15.2. The van der Waals surface area contributed by atoms with Crippen LogP contribution in [-0.2, 0) is 74.7 Å². The monoisotopic (exact) mass is 1080 g/mol. The van der Waals surface area contributed by atoms with Crippen molar-refractivity contribution in [3.05, 3.63) is 114 Å². The van der Waals surface area contributed by atoms with E-state index in [2.05, 4.69) is 47.0 Å². The average molecular weight is 1080 g/mol. The van der Waals surface area contributed by atoms with Gasteiger partial charge in [-0.2, -0.15) is 0 Å². The fraction of sp³-hybridized carbons (Fsp3) is 0.617. The molecule has 0 radical (unpaired) electrons. The number of carbonyl (C=O) groups is 3. The van der Waals surface area contributed by atoms with E-state index in [4.69, 9.17) is 51.8 Å². The fourth-order valence-electron chi connectivity index (χ4n) is 10.0. The van der Waals surface area contributed by atoms with Crippen LogP contribution in [0.2, 0.25) is 18.1 Å². The van der Waals surface area contributed by atoms with E-state index in [-0.39, 0.29) is 55.2 Å². The molecule has 422 valence electrons. The second kappa shape index (κ2) is 28.4. The summed E-state index contributed by atoms with van der Waals surface area (Å²) in [4.78, 5) is 37.8. The lowest BCUT2D eigenvalue weighted by Crippen LogP contribution is -2.63. The van der Waals surface area contributed by atoms with Crippen LogP contribution < -0.4 is 4.74 Å². The van der Waals surface area contributed by atoms with Crippen molar-refractivity contribution in [2.45, 2.75) is 205 Å². The van der Waals surface area contributed by atoms with E-state index in [1.807, 2.05) is 87.5 Å². The maximum Gasteiger partial charge on any atom is 0.330 e. The molecule has 3 fully saturated rings. The molecule has 0 bridgehead atoms. The summed E-state index contributed by atoms with van der Waals surface area (Å²) in [6.07, 6.45) is 5.89. The van der Waals surface area contributed by atoms with Crippen molar-refractivity contribution in [1.82, 2.24) is 0 Å². The van der Waals surface area contributed by atoms with E-state index < -0.39 is 61.8 Å². The molecule has 0 spiro atoms. The minimum atomic E-state index is -2.41. The third-order valence-corrected chi connectivity index (χ3v) is 19.7. The topological polar surface area (TPSA) is 173 Å². The molecule has 5 rings (SSSR count). The van der Waals surface area contributed by atoms with Crippen molar-refractivity contribution in [2.75, 3.05) is 28.1 Å². The summed E-state index contributed by atoms with van der Waals surface area (Å²) in [5, 5.41) is 9.42. The maximum atomic E-state index is 13.2. The lowest BCUT2D eigenvalue weighted by Gasteiger charge is -2.53. The molecule has 0 saturated carbocycles. The quantitative estimate of drug-likeness (QED) is 0.0223. The Morgan fingerprint density at radius 3 is 2.09 bits per heavy atom. The van der Waals surface area contributed by atoms with E-state index in [1.54, 1.807) is 7.11 Å². The van der Waals surface area contributed by atoms with Gasteiger partial charge in [0.05, 0.1) is 76.3 Å². The van der Waals surface area contributed by atoms with Crippen LogP contribution in [0.15, 0.2) is 103 Å². The molecule has 3 heterocycles. The second-order valence-electron chi connectivity index (χ2n) is 22.8. The second-order valence-corrected chi connectivity index (χ2v) is 27.5. The number of hydrogen-bond donors (Lipinski definition) is 1. The average Bonchev–Trinajstić information content (AvgIpc) is 3.37. The van der Waals surface area contributed by atoms with Crippen molar-refractivity contribution >= 4 is 26.2 Å². The van der Waals surface area contributed by atoms with Gasteiger partial charge in [0.1, 0.15) is 12.5 Å². The summed E-state index contributed by atoms with van der Waals surface area (Å²) in [6, 6.07) is 17.5. The van der Waals surface area contributed by atoms with Crippen LogP contribution >= 0.6 is 0 Å². The molecule has 1 N–H and O–H groups in total. The highest BCUT2D eigenvalue weighted by Gasteiger charge is 2.59. The summed E-state index contributed by atoms with van der Waals surface area (Å²) in [6.45, 7) is 27.7. The summed E-state index contributed by atoms with van der Waals surface area (Å²) in [7, 11) is 2.03. The smallest absolute Gasteiger partial charge is 0.330 e. The molecule has 2 aromatic rings. The Balaban J connectivity index is 1.35. The molecule has 10 atom stereocenters. The Morgan fingerprint density at radius 1 is 0.829 bits per heavy atom. The third kappa shape index (κ3) is 18.3. The number of benzene rings is 2. The number of aliphatic carboxylic acids is 1. The van der Waals surface area contributed by atoms with Gasteiger partial charge >= 0.3 is 17.9 Å². The molecule has 2 aromatic carbocycles. The largest absolute Gasteiger partial charge is 0.497 e. The zero-order valence-electron chi connectivity index (χ0n) is 47.4. The van der Waals surface area contributed by atoms with Crippen molar-refractivity contribution in [1.29, 1.82) is 0 Å². The number of esters is 2. The number of methoxy groups -OCH3 is 3. The van der Waals surface area contributed by atoms with Gasteiger partial charge in [-0.15, -0.1) is 0 Å². The molecule has 1 unspecified atom stereocenters. The SMILES string of the molecule is C=C1CC(C[C@H](CCC(=O)O)OCc2ccc(OC)cc2)O[C@@H](C[C@@H]2CC(=C)C[C@H](/C=C/C(C)(C)[C@]3(OC)O[C@H](C[C@@H](O[Si](C)(C)C(C)(C)C)[C@@H](C)OCOCc4ccccc4)C/C(=C\C(=O)OC)[C@@H]3OC(C)=O)O2)C1. The van der Waals surface area contributed by atoms with Crippen molar-refractivity contribution in [3.8, 4) is 5.75 Å². The molecule has 3 aliphatic rings. The number of carbonyl (C=O) groups excluding carboxylic acids is 2. The number of ether oxygens (including phenoxy) is 10. The number of carboxylic acids is 1. The lowest BCUT2D eigenvalue weighted by atomic mass is 9.73. The van der Waals surface area contributed by atoms with E-state index in [1.165, 1.54) is 27.2 Å². The van der Waals surface area contributed by atoms with Crippen LogP contribution in [0.3, 0.4) is 0 Å². The highest BCUT2D eigenvalue weighted by Crippen LogP contribution is 2.50. The van der Waals surface area contributed by atoms with Gasteiger partial charge in [0, 0.05) is 51.2 Å². The molecule has 16 heteroatoms. The molecule has 0 aromatic heterocycles. The van der Waals surface area contributed by atoms with E-state index >= 15 is 0 Å². The zero-order valence-corrected chi connectivity index (χ0v) is 48.4. The summed E-state index contributed by atoms with van der Waals surface area (Å²) >= 11 is 0. The lowest BCUT2D eigenvalue weighted by molar-refractivity contribution is -0.338. The van der Waals surface area contributed by atoms with Gasteiger partial charge in [-0.25, -0.2) is 4.79 Å². The van der Waals surface area contributed by atoms with Crippen LogP contribution in [0.25, 0.3) is 0 Å². The van der Waals surface area contributed by atoms with Crippen LogP contribution in [-0.4, -0.2) is 120 Å². The molecule has 15 nitrogen and oxygen atoms in total. The Morgan fingerprint density at radius 2 is 1.47 bits per heavy atom. The van der Waals surface area contributed by atoms with Crippen LogP contribution in [0.4, 0.5) is 0 Å². The van der Waals surface area contributed by atoms with Crippen molar-refractivity contribution < 1.29 is 71.3 Å². The van der Waals surface area contributed by atoms with E-state index in [9.17, 15) is 19.5 Å². The first-order chi connectivity index (χ1) is 35.8. The number of rotatable bonds is 27. The van der Waals surface area contributed by atoms with Gasteiger partial charge in [0.15, 0.2) is 14.4 Å². The number of carboxylic acid groups (broad SMARTS) is 1. The van der Waals surface area contributed by atoms with Gasteiger partial charge in [0.2, 0.25) is 5.79 Å². The van der Waals surface area contributed by atoms with Crippen LogP contribution in [0, 0.1) is 5.41 Å². The van der Waals surface area contributed by atoms with Crippen molar-refractivity contribution in [2.24, 2.45) is 5.41 Å². The standard InChI is InChI=1S/C60H88O15Si/c1-40-28-49(72-51(29-40)35-52-31-41(2)30-50(73-52)34-48(24-25-55(62)63)69-38-45-20-22-47(65-10)23-21-45)26-27-59(8,9)60(67-12)57(71-43(4)61)46(33-56(64)66-11)32-53(74-60)36-54(75-76(13,14)58(5,6)7)42(3)70-39-68-37-44-18-16-15-17-19-44/h15-23,26-27,33,42,48-54,57H,1-2,24-25,28-32,34-39H2,3-14H3,(H,62,63)/b27-26+,46-33+/t42-,48+,49+,50?,51+,52-,53+,54-,57+,60-/m1/s1. The highest BCUT2D eigenvalue weighted by molar-refractivity contribution is 6.74. The predicted molar refractivity (Wildman–Crippen MR) is 293 cm³/mol. The van der Waals surface area contributed by atoms with Gasteiger partial charge in [0.25, 0.3) is 0 Å². The van der Waals surface area contributed by atoms with Crippen LogP contribution in [0.5, 0.6) is 5.75 Å². The Kier molecular flexibility index (Phi) is 23.3. The first-order valence-corrected chi connectivity index (χ1v) is 29.7. The van der Waals surface area contributed by atoms with Gasteiger partial charge in [-0.1, -0.05) is 114 Å². The Bertz CT molecular complexity index is 2270. The van der Waals surface area contributed by atoms with E-state index in [0.29, 0.717) is 70.2 Å². The molecule has 0 aliphatic carbocycles. The molecular formula is C60H88O15Si. The number of hydrogen-bond acceptors (Lipinski definition) is 14. The highest BCUT2D eigenvalue weighted by atomic mass is 28.4. The predicted octanol–water partition coefficient (Wildman–Crippen LogP) is 11.5. The van der Waals surface area contributed by atoms with Gasteiger partial charge in [-0.05, 0) is 92.4 Å². The van der Waals surface area contributed by atoms with E-state index in [0.717, 1.165) is 28.0 Å². The Hall–Kier alpha value is -4.49. The summed E-state index contributed by atoms with van der Waals surface area (Å²) in [5.74, 6) is -2.99. The van der Waals surface area contributed by atoms with Crippen molar-refractivity contribution in [3.63, 3.8) is 0 Å². The summed E-state index contributed by atoms with van der Waals surface area (Å²) in [5.41, 5.74) is 3.51. The minimum Gasteiger partial charge on any atom is -0.497 e. The zero-order chi connectivity index (χ0) is 55.8. The maximum absolute atomic E-state index is 13.2. The Labute approximate surface area is 453 Å². The molecule has 76 heavy (non-hydrogen) atoms. The first-order valence-electron chi connectivity index (χ1n) is 26.7.